The Kier molecular flexibility index (Phi) is 2.91. The molecule has 72 valence electrons. The maximum absolute atomic E-state index is 5.45. The molecule has 0 radical (unpaired) electrons. The summed E-state index contributed by atoms with van der Waals surface area (Å²) in [6.07, 6.45) is 1.76. The molecule has 0 aliphatic carbocycles. The number of pyridine rings is 1. The lowest BCUT2D eigenvalue weighted by atomic mass is 9.88. The minimum Gasteiger partial charge on any atom is -0.478 e. The number of hydrogen-bond donors (Lipinski definition) is 0. The van der Waals surface area contributed by atoms with Gasteiger partial charge in [-0.3, -0.25) is 0 Å². The normalized spacial score (nSPS) is 11.4. The predicted octanol–water partition coefficient (Wildman–Crippen LogP) is 2.78. The van der Waals surface area contributed by atoms with Gasteiger partial charge < -0.3 is 4.74 Å². The standard InChI is InChI=1S/C11H17NO/c1-5-13-10-9(11(2,3)4)7-6-8-12-10/h6-8H,5H2,1-4H3. The second-order valence-electron chi connectivity index (χ2n) is 4.04. The maximum atomic E-state index is 5.45. The van der Waals surface area contributed by atoms with Gasteiger partial charge in [0.05, 0.1) is 6.61 Å². The van der Waals surface area contributed by atoms with E-state index < -0.39 is 0 Å². The van der Waals surface area contributed by atoms with E-state index in [1.807, 2.05) is 13.0 Å². The quantitative estimate of drug-likeness (QED) is 0.696. The summed E-state index contributed by atoms with van der Waals surface area (Å²) in [5.74, 6) is 0.762. The van der Waals surface area contributed by atoms with Gasteiger partial charge in [0.1, 0.15) is 0 Å². The molecule has 0 N–H and O–H groups in total. The van der Waals surface area contributed by atoms with Crippen LogP contribution in [-0.2, 0) is 5.41 Å². The molecule has 0 spiro atoms. The first kappa shape index (κ1) is 10.0. The van der Waals surface area contributed by atoms with Crippen LogP contribution in [0.25, 0.3) is 0 Å². The molecule has 0 amide bonds. The van der Waals surface area contributed by atoms with Crippen LogP contribution in [0.2, 0.25) is 0 Å². The maximum Gasteiger partial charge on any atom is 0.217 e. The van der Waals surface area contributed by atoms with Gasteiger partial charge in [0, 0.05) is 11.8 Å². The van der Waals surface area contributed by atoms with E-state index in [0.717, 1.165) is 11.4 Å². The van der Waals surface area contributed by atoms with Crippen LogP contribution in [-0.4, -0.2) is 11.6 Å². The first-order chi connectivity index (χ1) is 6.05. The minimum atomic E-state index is 0.0960. The lowest BCUT2D eigenvalue weighted by molar-refractivity contribution is 0.316. The Morgan fingerprint density at radius 1 is 1.38 bits per heavy atom. The highest BCUT2D eigenvalue weighted by molar-refractivity contribution is 5.31. The fraction of sp³-hybridized carbons (Fsp3) is 0.545. The summed E-state index contributed by atoms with van der Waals surface area (Å²) in [6.45, 7) is 9.12. The number of rotatable bonds is 2. The van der Waals surface area contributed by atoms with Crippen molar-refractivity contribution in [3.63, 3.8) is 0 Å². The van der Waals surface area contributed by atoms with E-state index in [1.165, 1.54) is 0 Å². The van der Waals surface area contributed by atoms with Crippen LogP contribution in [0.5, 0.6) is 5.88 Å². The molecule has 0 aliphatic rings. The highest BCUT2D eigenvalue weighted by Crippen LogP contribution is 2.28. The summed E-state index contributed by atoms with van der Waals surface area (Å²) < 4.78 is 5.45. The zero-order valence-electron chi connectivity index (χ0n) is 8.79. The summed E-state index contributed by atoms with van der Waals surface area (Å²) in [7, 11) is 0. The van der Waals surface area contributed by atoms with Crippen LogP contribution in [0.1, 0.15) is 33.3 Å². The number of nitrogens with zero attached hydrogens (tertiary/aromatic N) is 1. The molecule has 2 nitrogen and oxygen atoms in total. The summed E-state index contributed by atoms with van der Waals surface area (Å²) in [5, 5.41) is 0. The van der Waals surface area contributed by atoms with Crippen molar-refractivity contribution in [1.29, 1.82) is 0 Å². The Labute approximate surface area is 80.0 Å². The van der Waals surface area contributed by atoms with Gasteiger partial charge in [-0.15, -0.1) is 0 Å². The zero-order chi connectivity index (χ0) is 9.90. The Balaban J connectivity index is 3.05. The van der Waals surface area contributed by atoms with Gasteiger partial charge in [-0.05, 0) is 18.4 Å². The molecule has 1 aromatic heterocycles. The number of aromatic nitrogens is 1. The summed E-state index contributed by atoms with van der Waals surface area (Å²) in [4.78, 5) is 4.21. The van der Waals surface area contributed by atoms with Crippen molar-refractivity contribution in [2.24, 2.45) is 0 Å². The van der Waals surface area contributed by atoms with E-state index in [9.17, 15) is 0 Å². The molecule has 0 aromatic carbocycles. The monoisotopic (exact) mass is 179 g/mol. The molecule has 13 heavy (non-hydrogen) atoms. The molecule has 0 bridgehead atoms. The van der Waals surface area contributed by atoms with Crippen molar-refractivity contribution in [3.05, 3.63) is 23.9 Å². The van der Waals surface area contributed by atoms with E-state index in [4.69, 9.17) is 4.74 Å². The Hall–Kier alpha value is -1.05. The largest absolute Gasteiger partial charge is 0.478 e. The van der Waals surface area contributed by atoms with Gasteiger partial charge in [-0.2, -0.15) is 0 Å². The Bertz CT molecular complexity index is 276. The molecule has 0 saturated heterocycles. The minimum absolute atomic E-state index is 0.0960. The Morgan fingerprint density at radius 3 is 2.62 bits per heavy atom. The highest BCUT2D eigenvalue weighted by atomic mass is 16.5. The first-order valence-corrected chi connectivity index (χ1v) is 4.64. The third-order valence-corrected chi connectivity index (χ3v) is 1.86. The topological polar surface area (TPSA) is 22.1 Å². The van der Waals surface area contributed by atoms with Crippen LogP contribution >= 0.6 is 0 Å². The molecule has 0 fully saturated rings. The number of ether oxygens (including phenoxy) is 1. The van der Waals surface area contributed by atoms with E-state index in [1.54, 1.807) is 6.20 Å². The lowest BCUT2D eigenvalue weighted by Crippen LogP contribution is -2.14. The summed E-state index contributed by atoms with van der Waals surface area (Å²) in [5.41, 5.74) is 1.26. The Morgan fingerprint density at radius 2 is 2.08 bits per heavy atom. The SMILES string of the molecule is CCOc1ncccc1C(C)(C)C. The van der Waals surface area contributed by atoms with Crippen LogP contribution in [0.15, 0.2) is 18.3 Å². The third kappa shape index (κ3) is 2.44. The van der Waals surface area contributed by atoms with Gasteiger partial charge in [-0.1, -0.05) is 26.8 Å². The van der Waals surface area contributed by atoms with Gasteiger partial charge in [0.2, 0.25) is 5.88 Å². The van der Waals surface area contributed by atoms with Crippen LogP contribution in [0.4, 0.5) is 0 Å². The second kappa shape index (κ2) is 3.77. The molecule has 0 saturated carbocycles. The molecular formula is C11H17NO. The molecule has 0 aliphatic heterocycles. The molecule has 2 heteroatoms. The van der Waals surface area contributed by atoms with E-state index >= 15 is 0 Å². The number of hydrogen-bond acceptors (Lipinski definition) is 2. The van der Waals surface area contributed by atoms with Gasteiger partial charge >= 0.3 is 0 Å². The van der Waals surface area contributed by atoms with Crippen molar-refractivity contribution in [2.75, 3.05) is 6.61 Å². The highest BCUT2D eigenvalue weighted by Gasteiger charge is 2.18. The average Bonchev–Trinajstić information content (AvgIpc) is 2.04. The van der Waals surface area contributed by atoms with Crippen LogP contribution in [0.3, 0.4) is 0 Å². The van der Waals surface area contributed by atoms with Gasteiger partial charge in [0.15, 0.2) is 0 Å². The van der Waals surface area contributed by atoms with Gasteiger partial charge in [0.25, 0.3) is 0 Å². The average molecular weight is 179 g/mol. The third-order valence-electron chi connectivity index (χ3n) is 1.86. The fourth-order valence-corrected chi connectivity index (χ4v) is 1.21. The van der Waals surface area contributed by atoms with Crippen molar-refractivity contribution >= 4 is 0 Å². The van der Waals surface area contributed by atoms with Crippen LogP contribution in [0, 0.1) is 0 Å². The van der Waals surface area contributed by atoms with E-state index in [0.29, 0.717) is 6.61 Å². The molecule has 0 unspecified atom stereocenters. The smallest absolute Gasteiger partial charge is 0.217 e. The van der Waals surface area contributed by atoms with Crippen molar-refractivity contribution in [2.45, 2.75) is 33.1 Å². The molecule has 1 heterocycles. The van der Waals surface area contributed by atoms with Crippen molar-refractivity contribution < 1.29 is 4.74 Å². The van der Waals surface area contributed by atoms with Crippen LogP contribution < -0.4 is 4.74 Å². The molecule has 1 aromatic rings. The molecule has 1 rings (SSSR count). The van der Waals surface area contributed by atoms with Crippen molar-refractivity contribution in [1.82, 2.24) is 4.98 Å². The molecular weight excluding hydrogens is 162 g/mol. The summed E-state index contributed by atoms with van der Waals surface area (Å²) in [6, 6.07) is 4.01. The second-order valence-corrected chi connectivity index (χ2v) is 4.04. The van der Waals surface area contributed by atoms with Gasteiger partial charge in [-0.25, -0.2) is 4.98 Å². The lowest BCUT2D eigenvalue weighted by Gasteiger charge is -2.21. The predicted molar refractivity (Wildman–Crippen MR) is 54.1 cm³/mol. The summed E-state index contributed by atoms with van der Waals surface area (Å²) >= 11 is 0. The first-order valence-electron chi connectivity index (χ1n) is 4.64. The fourth-order valence-electron chi connectivity index (χ4n) is 1.21. The zero-order valence-corrected chi connectivity index (χ0v) is 8.79. The van der Waals surface area contributed by atoms with E-state index in [2.05, 4.69) is 31.8 Å². The molecule has 0 atom stereocenters. The van der Waals surface area contributed by atoms with E-state index in [-0.39, 0.29) is 5.41 Å². The van der Waals surface area contributed by atoms with Crippen molar-refractivity contribution in [3.8, 4) is 5.88 Å².